The van der Waals surface area contributed by atoms with Gasteiger partial charge in [0.15, 0.2) is 5.69 Å². The SMILES string of the molecule is Cc1cc(C(=O)O)nc(C2CN(C(=O)C(F)(F)F)C2)n1. The number of amides is 1. The number of nitrogens with zero attached hydrogens (tertiary/aromatic N) is 3. The molecule has 9 heteroatoms. The number of carbonyl (C=O) groups excluding carboxylic acids is 1. The van der Waals surface area contributed by atoms with Gasteiger partial charge in [0.05, 0.1) is 5.92 Å². The average molecular weight is 289 g/mol. The zero-order valence-electron chi connectivity index (χ0n) is 10.3. The minimum Gasteiger partial charge on any atom is -0.477 e. The molecule has 1 N–H and O–H groups in total. The van der Waals surface area contributed by atoms with Crippen molar-refractivity contribution in [3.05, 3.63) is 23.3 Å². The molecule has 1 aliphatic heterocycles. The van der Waals surface area contributed by atoms with Crippen LogP contribution in [0, 0.1) is 6.92 Å². The third kappa shape index (κ3) is 2.70. The molecule has 0 spiro atoms. The third-order valence-electron chi connectivity index (χ3n) is 2.87. The molecule has 6 nitrogen and oxygen atoms in total. The number of rotatable bonds is 2. The molecule has 1 aromatic heterocycles. The molecule has 0 aliphatic carbocycles. The highest BCUT2D eigenvalue weighted by Crippen LogP contribution is 2.29. The lowest BCUT2D eigenvalue weighted by Crippen LogP contribution is -2.53. The van der Waals surface area contributed by atoms with Crippen LogP contribution in [0.25, 0.3) is 0 Å². The van der Waals surface area contributed by atoms with Crippen molar-refractivity contribution in [2.75, 3.05) is 13.1 Å². The number of carboxylic acid groups (broad SMARTS) is 1. The Kier molecular flexibility index (Phi) is 3.36. The van der Waals surface area contributed by atoms with Crippen LogP contribution in [0.1, 0.15) is 27.9 Å². The van der Waals surface area contributed by atoms with Crippen LogP contribution in [0.4, 0.5) is 13.2 Å². The summed E-state index contributed by atoms with van der Waals surface area (Å²) in [7, 11) is 0. The Morgan fingerprint density at radius 3 is 2.45 bits per heavy atom. The lowest BCUT2D eigenvalue weighted by Gasteiger charge is -2.38. The van der Waals surface area contributed by atoms with E-state index in [1.165, 1.54) is 6.07 Å². The highest BCUT2D eigenvalue weighted by Gasteiger charge is 2.47. The normalized spacial score (nSPS) is 15.9. The zero-order valence-corrected chi connectivity index (χ0v) is 10.3. The van der Waals surface area contributed by atoms with E-state index in [0.717, 1.165) is 0 Å². The van der Waals surface area contributed by atoms with Gasteiger partial charge in [-0.3, -0.25) is 4.79 Å². The topological polar surface area (TPSA) is 83.4 Å². The monoisotopic (exact) mass is 289 g/mol. The number of carbonyl (C=O) groups is 2. The predicted octanol–water partition coefficient (Wildman–Crippen LogP) is 0.971. The quantitative estimate of drug-likeness (QED) is 0.877. The molecule has 0 saturated carbocycles. The van der Waals surface area contributed by atoms with Gasteiger partial charge < -0.3 is 10.0 Å². The highest BCUT2D eigenvalue weighted by molar-refractivity contribution is 5.85. The van der Waals surface area contributed by atoms with Gasteiger partial charge >= 0.3 is 18.1 Å². The maximum absolute atomic E-state index is 12.2. The number of aromatic nitrogens is 2. The lowest BCUT2D eigenvalue weighted by atomic mass is 9.98. The molecular formula is C11H10F3N3O3. The molecule has 0 aromatic carbocycles. The fraction of sp³-hybridized carbons (Fsp3) is 0.455. The molecule has 1 amide bonds. The van der Waals surface area contributed by atoms with E-state index in [2.05, 4.69) is 9.97 Å². The van der Waals surface area contributed by atoms with Crippen molar-refractivity contribution in [3.8, 4) is 0 Å². The summed E-state index contributed by atoms with van der Waals surface area (Å²) in [5.41, 5.74) is 0.195. The van der Waals surface area contributed by atoms with Crippen LogP contribution in [0.3, 0.4) is 0 Å². The smallest absolute Gasteiger partial charge is 0.471 e. The second kappa shape index (κ2) is 4.73. The molecule has 1 fully saturated rings. The summed E-state index contributed by atoms with van der Waals surface area (Å²) < 4.78 is 36.6. The Bertz CT molecular complexity index is 568. The van der Waals surface area contributed by atoms with Crippen LogP contribution in [0.15, 0.2) is 6.07 Å². The van der Waals surface area contributed by atoms with E-state index in [9.17, 15) is 22.8 Å². The molecule has 1 aromatic rings. The van der Waals surface area contributed by atoms with Crippen LogP contribution >= 0.6 is 0 Å². The maximum atomic E-state index is 12.2. The van der Waals surface area contributed by atoms with Crippen LogP contribution < -0.4 is 0 Å². The Morgan fingerprint density at radius 2 is 1.95 bits per heavy atom. The van der Waals surface area contributed by atoms with Gasteiger partial charge in [0, 0.05) is 18.8 Å². The van der Waals surface area contributed by atoms with Gasteiger partial charge in [-0.25, -0.2) is 14.8 Å². The van der Waals surface area contributed by atoms with Gasteiger partial charge in [0.25, 0.3) is 0 Å². The molecule has 0 radical (unpaired) electrons. The van der Waals surface area contributed by atoms with Crippen LogP contribution in [-0.2, 0) is 4.79 Å². The largest absolute Gasteiger partial charge is 0.477 e. The maximum Gasteiger partial charge on any atom is 0.471 e. The summed E-state index contributed by atoms with van der Waals surface area (Å²) in [5.74, 6) is -3.47. The van der Waals surface area contributed by atoms with Gasteiger partial charge in [-0.15, -0.1) is 0 Å². The summed E-state index contributed by atoms with van der Waals surface area (Å²) >= 11 is 0. The average Bonchev–Trinajstić information content (AvgIpc) is 2.24. The van der Waals surface area contributed by atoms with Crippen molar-refractivity contribution >= 4 is 11.9 Å². The molecule has 0 bridgehead atoms. The molecule has 1 aliphatic rings. The van der Waals surface area contributed by atoms with Crippen molar-refractivity contribution < 1.29 is 27.9 Å². The van der Waals surface area contributed by atoms with E-state index in [1.807, 2.05) is 0 Å². The third-order valence-corrected chi connectivity index (χ3v) is 2.87. The fourth-order valence-electron chi connectivity index (χ4n) is 1.87. The fourth-order valence-corrected chi connectivity index (χ4v) is 1.87. The number of alkyl halides is 3. The van der Waals surface area contributed by atoms with E-state index >= 15 is 0 Å². The summed E-state index contributed by atoms with van der Waals surface area (Å²) in [6.07, 6.45) is -4.90. The Balaban J connectivity index is 2.10. The second-order valence-electron chi connectivity index (χ2n) is 4.46. The number of hydrogen-bond donors (Lipinski definition) is 1. The summed E-state index contributed by atoms with van der Waals surface area (Å²) in [5, 5.41) is 8.85. The molecule has 2 heterocycles. The molecule has 0 atom stereocenters. The number of aryl methyl sites for hydroxylation is 1. The summed E-state index contributed by atoms with van der Waals surface area (Å²) in [4.78, 5) is 30.2. The number of likely N-dealkylation sites (tertiary alicyclic amines) is 1. The van der Waals surface area contributed by atoms with Crippen LogP contribution in [0.2, 0.25) is 0 Å². The van der Waals surface area contributed by atoms with Gasteiger partial charge in [-0.1, -0.05) is 0 Å². The number of carboxylic acids is 1. The Labute approximate surface area is 111 Å². The van der Waals surface area contributed by atoms with Crippen LogP contribution in [0.5, 0.6) is 0 Å². The van der Waals surface area contributed by atoms with Crippen molar-refractivity contribution in [3.63, 3.8) is 0 Å². The van der Waals surface area contributed by atoms with Gasteiger partial charge in [-0.05, 0) is 13.0 Å². The number of hydrogen-bond acceptors (Lipinski definition) is 4. The summed E-state index contributed by atoms with van der Waals surface area (Å²) in [6.45, 7) is 1.23. The number of halogens is 3. The standard InChI is InChI=1S/C11H10F3N3O3/c1-5-2-7(9(18)19)16-8(15-5)6-3-17(4-6)10(20)11(12,13)14/h2,6H,3-4H2,1H3,(H,18,19). The predicted molar refractivity (Wildman–Crippen MR) is 59.1 cm³/mol. The van der Waals surface area contributed by atoms with Crippen molar-refractivity contribution in [1.29, 1.82) is 0 Å². The molecule has 20 heavy (non-hydrogen) atoms. The first kappa shape index (κ1) is 14.2. The van der Waals surface area contributed by atoms with Crippen molar-refractivity contribution in [2.45, 2.75) is 19.0 Å². The van der Waals surface area contributed by atoms with Gasteiger partial charge in [-0.2, -0.15) is 13.2 Å². The second-order valence-corrected chi connectivity index (χ2v) is 4.46. The number of aromatic carboxylic acids is 1. The first-order chi connectivity index (χ1) is 9.18. The van der Waals surface area contributed by atoms with Gasteiger partial charge in [0.2, 0.25) is 0 Å². The molecule has 0 unspecified atom stereocenters. The minimum absolute atomic E-state index is 0.147. The zero-order chi connectivity index (χ0) is 15.1. The minimum atomic E-state index is -4.90. The van der Waals surface area contributed by atoms with Crippen molar-refractivity contribution in [1.82, 2.24) is 14.9 Å². The lowest BCUT2D eigenvalue weighted by molar-refractivity contribution is -0.190. The Hall–Kier alpha value is -2.19. The molecule has 1 saturated heterocycles. The van der Waals surface area contributed by atoms with Crippen LogP contribution in [-0.4, -0.2) is 51.1 Å². The van der Waals surface area contributed by atoms with E-state index in [0.29, 0.717) is 10.6 Å². The highest BCUT2D eigenvalue weighted by atomic mass is 19.4. The van der Waals surface area contributed by atoms with Crippen molar-refractivity contribution in [2.24, 2.45) is 0 Å². The van der Waals surface area contributed by atoms with E-state index in [1.54, 1.807) is 6.92 Å². The first-order valence-corrected chi connectivity index (χ1v) is 5.63. The van der Waals surface area contributed by atoms with E-state index < -0.39 is 24.0 Å². The molecule has 108 valence electrons. The Morgan fingerprint density at radius 1 is 1.35 bits per heavy atom. The van der Waals surface area contributed by atoms with Gasteiger partial charge in [0.1, 0.15) is 5.82 Å². The van der Waals surface area contributed by atoms with E-state index in [4.69, 9.17) is 5.11 Å². The first-order valence-electron chi connectivity index (χ1n) is 5.63. The van der Waals surface area contributed by atoms with E-state index in [-0.39, 0.29) is 24.6 Å². The molecular weight excluding hydrogens is 279 g/mol. The molecule has 2 rings (SSSR count). The summed E-state index contributed by atoms with van der Waals surface area (Å²) in [6, 6.07) is 1.27.